The number of carbonyl (C=O) groups is 1. The van der Waals surface area contributed by atoms with Crippen LogP contribution in [0.25, 0.3) is 0 Å². The van der Waals surface area contributed by atoms with Crippen molar-refractivity contribution >= 4 is 55.9 Å². The van der Waals surface area contributed by atoms with Gasteiger partial charge in [0.1, 0.15) is 0 Å². The largest absolute Gasteiger partial charge is 0.466 e. The van der Waals surface area contributed by atoms with Crippen LogP contribution in [-0.2, 0) is 19.6 Å². The lowest BCUT2D eigenvalue weighted by Crippen LogP contribution is -2.20. The number of anilines is 1. The zero-order valence-corrected chi connectivity index (χ0v) is 13.9. The van der Waals surface area contributed by atoms with Crippen molar-refractivity contribution < 1.29 is 17.9 Å². The van der Waals surface area contributed by atoms with Gasteiger partial charge in [-0.25, -0.2) is 8.42 Å². The van der Waals surface area contributed by atoms with Gasteiger partial charge in [-0.1, -0.05) is 11.6 Å². The van der Waals surface area contributed by atoms with Crippen molar-refractivity contribution in [3.8, 4) is 0 Å². The smallest absolute Gasteiger partial charge is 0.306 e. The summed E-state index contributed by atoms with van der Waals surface area (Å²) in [6.07, 6.45) is -0.189. The summed E-state index contributed by atoms with van der Waals surface area (Å²) in [5.41, 5.74) is 0.297. The molecule has 5 nitrogen and oxygen atoms in total. The molecule has 0 aliphatic heterocycles. The third kappa shape index (κ3) is 5.96. The Labute approximate surface area is 130 Å². The van der Waals surface area contributed by atoms with E-state index < -0.39 is 16.0 Å². The molecule has 19 heavy (non-hydrogen) atoms. The zero-order valence-electron chi connectivity index (χ0n) is 10.2. The van der Waals surface area contributed by atoms with E-state index in [1.165, 1.54) is 0 Å². The van der Waals surface area contributed by atoms with E-state index in [0.29, 0.717) is 10.7 Å². The molecule has 0 saturated heterocycles. The summed E-state index contributed by atoms with van der Waals surface area (Å²) in [6, 6.07) is 4.95. The van der Waals surface area contributed by atoms with Crippen LogP contribution in [0, 0.1) is 3.57 Å². The average molecular weight is 418 g/mol. The first-order valence-electron chi connectivity index (χ1n) is 5.45. The first-order valence-corrected chi connectivity index (χ1v) is 8.56. The molecule has 0 aromatic heterocycles. The lowest BCUT2D eigenvalue weighted by Gasteiger charge is -2.09. The van der Waals surface area contributed by atoms with Gasteiger partial charge in [0.25, 0.3) is 0 Å². The molecule has 0 heterocycles. The Morgan fingerprint density at radius 2 is 2.16 bits per heavy atom. The van der Waals surface area contributed by atoms with Crippen LogP contribution in [0.15, 0.2) is 18.2 Å². The van der Waals surface area contributed by atoms with Crippen LogP contribution in [-0.4, -0.2) is 26.7 Å². The first kappa shape index (κ1) is 16.5. The number of sulfonamides is 1. The van der Waals surface area contributed by atoms with Crippen LogP contribution in [0.3, 0.4) is 0 Å². The normalized spacial score (nSPS) is 11.1. The van der Waals surface area contributed by atoms with Crippen molar-refractivity contribution in [3.05, 3.63) is 26.8 Å². The van der Waals surface area contributed by atoms with Gasteiger partial charge in [-0.2, -0.15) is 0 Å². The second-order valence-corrected chi connectivity index (χ2v) is 7.09. The van der Waals surface area contributed by atoms with Crippen LogP contribution in [0.2, 0.25) is 5.02 Å². The topological polar surface area (TPSA) is 72.5 Å². The Kier molecular flexibility index (Phi) is 6.34. The van der Waals surface area contributed by atoms with Crippen LogP contribution in [0.1, 0.15) is 13.3 Å². The van der Waals surface area contributed by atoms with Crippen LogP contribution in [0.4, 0.5) is 5.69 Å². The second kappa shape index (κ2) is 7.30. The van der Waals surface area contributed by atoms with Crippen molar-refractivity contribution in [1.29, 1.82) is 0 Å². The van der Waals surface area contributed by atoms with E-state index in [2.05, 4.69) is 32.0 Å². The molecular formula is C11H13ClINO4S. The molecule has 0 aliphatic rings. The SMILES string of the molecule is CCOC(=O)CCS(=O)(=O)Nc1ccc(I)cc1Cl. The van der Waals surface area contributed by atoms with Gasteiger partial charge in [-0.05, 0) is 47.7 Å². The Morgan fingerprint density at radius 3 is 2.74 bits per heavy atom. The van der Waals surface area contributed by atoms with Crippen molar-refractivity contribution in [3.63, 3.8) is 0 Å². The average Bonchev–Trinajstić information content (AvgIpc) is 2.31. The maximum atomic E-state index is 11.8. The van der Waals surface area contributed by atoms with Crippen LogP contribution in [0.5, 0.6) is 0 Å². The van der Waals surface area contributed by atoms with Crippen LogP contribution < -0.4 is 4.72 Å². The molecule has 0 saturated carbocycles. The van der Waals surface area contributed by atoms with E-state index in [1.807, 2.05) is 0 Å². The van der Waals surface area contributed by atoms with Crippen molar-refractivity contribution in [2.24, 2.45) is 0 Å². The maximum absolute atomic E-state index is 11.8. The van der Waals surface area contributed by atoms with Gasteiger partial charge in [0.05, 0.1) is 29.5 Å². The Bertz CT molecular complexity index is 562. The molecule has 0 amide bonds. The highest BCUT2D eigenvalue weighted by Gasteiger charge is 2.15. The highest BCUT2D eigenvalue weighted by atomic mass is 127. The van der Waals surface area contributed by atoms with E-state index in [0.717, 1.165) is 3.57 Å². The molecule has 1 rings (SSSR count). The predicted molar refractivity (Wildman–Crippen MR) is 82.8 cm³/mol. The van der Waals surface area contributed by atoms with Gasteiger partial charge >= 0.3 is 5.97 Å². The van der Waals surface area contributed by atoms with Gasteiger partial charge in [0.2, 0.25) is 10.0 Å². The number of hydrogen-bond acceptors (Lipinski definition) is 4. The number of halogens is 2. The molecule has 0 spiro atoms. The maximum Gasteiger partial charge on any atom is 0.306 e. The second-order valence-electron chi connectivity index (χ2n) is 3.60. The molecule has 106 valence electrons. The summed E-state index contributed by atoms with van der Waals surface area (Å²) in [7, 11) is -3.62. The molecule has 0 aliphatic carbocycles. The van der Waals surface area contributed by atoms with Crippen molar-refractivity contribution in [1.82, 2.24) is 0 Å². The molecule has 0 radical (unpaired) electrons. The fourth-order valence-electron chi connectivity index (χ4n) is 1.24. The standard InChI is InChI=1S/C11H13ClINO4S/c1-2-18-11(15)5-6-19(16,17)14-10-4-3-8(13)7-9(10)12/h3-4,7,14H,2,5-6H2,1H3. The lowest BCUT2D eigenvalue weighted by atomic mass is 10.3. The highest BCUT2D eigenvalue weighted by Crippen LogP contribution is 2.24. The van der Waals surface area contributed by atoms with E-state index in [1.54, 1.807) is 25.1 Å². The number of carbonyl (C=O) groups excluding carboxylic acids is 1. The summed E-state index contributed by atoms with van der Waals surface area (Å²) in [5, 5.41) is 0.312. The zero-order chi connectivity index (χ0) is 14.5. The minimum Gasteiger partial charge on any atom is -0.466 e. The Hall–Kier alpha value is -0.540. The minimum atomic E-state index is -3.62. The van der Waals surface area contributed by atoms with E-state index >= 15 is 0 Å². The molecule has 0 atom stereocenters. The minimum absolute atomic E-state index is 0.189. The number of benzene rings is 1. The lowest BCUT2D eigenvalue weighted by molar-refractivity contribution is -0.142. The van der Waals surface area contributed by atoms with E-state index in [4.69, 9.17) is 11.6 Å². The fraction of sp³-hybridized carbons (Fsp3) is 0.364. The number of nitrogens with one attached hydrogen (secondary N) is 1. The Morgan fingerprint density at radius 1 is 1.47 bits per heavy atom. The summed E-state index contributed by atoms with van der Waals surface area (Å²) >= 11 is 8.00. The molecule has 0 bridgehead atoms. The number of rotatable bonds is 6. The molecule has 1 aromatic carbocycles. The van der Waals surface area contributed by atoms with Gasteiger partial charge in [-0.3, -0.25) is 9.52 Å². The van der Waals surface area contributed by atoms with Crippen LogP contribution >= 0.6 is 34.2 Å². The van der Waals surface area contributed by atoms with Gasteiger partial charge in [0, 0.05) is 3.57 Å². The number of hydrogen-bond donors (Lipinski definition) is 1. The third-order valence-electron chi connectivity index (χ3n) is 2.08. The summed E-state index contributed by atoms with van der Waals surface area (Å²) in [4.78, 5) is 11.1. The molecule has 1 N–H and O–H groups in total. The monoisotopic (exact) mass is 417 g/mol. The summed E-state index contributed by atoms with van der Waals surface area (Å²) in [6.45, 7) is 1.89. The van der Waals surface area contributed by atoms with Crippen molar-refractivity contribution in [2.75, 3.05) is 17.1 Å². The number of ether oxygens (including phenoxy) is 1. The van der Waals surface area contributed by atoms with Gasteiger partial charge < -0.3 is 4.74 Å². The molecule has 8 heteroatoms. The molecule has 1 aromatic rings. The summed E-state index contributed by atoms with van der Waals surface area (Å²) < 4.78 is 31.4. The Balaban J connectivity index is 2.66. The van der Waals surface area contributed by atoms with E-state index in [-0.39, 0.29) is 18.8 Å². The quantitative estimate of drug-likeness (QED) is 0.570. The molecule has 0 fully saturated rings. The number of esters is 1. The molecular weight excluding hydrogens is 405 g/mol. The highest BCUT2D eigenvalue weighted by molar-refractivity contribution is 14.1. The van der Waals surface area contributed by atoms with E-state index in [9.17, 15) is 13.2 Å². The van der Waals surface area contributed by atoms with Gasteiger partial charge in [-0.15, -0.1) is 0 Å². The first-order chi connectivity index (χ1) is 8.84. The predicted octanol–water partition coefficient (Wildman–Crippen LogP) is 2.64. The third-order valence-corrected chi connectivity index (χ3v) is 4.33. The molecule has 0 unspecified atom stereocenters. The summed E-state index contributed by atoms with van der Waals surface area (Å²) in [5.74, 6) is -0.879. The van der Waals surface area contributed by atoms with Gasteiger partial charge in [0.15, 0.2) is 0 Å². The fourth-order valence-corrected chi connectivity index (χ4v) is 3.25. The van der Waals surface area contributed by atoms with Crippen molar-refractivity contribution in [2.45, 2.75) is 13.3 Å².